The van der Waals surface area contributed by atoms with Gasteiger partial charge in [-0.15, -0.1) is 0 Å². The maximum atomic E-state index is 11.7. The molecule has 19 heavy (non-hydrogen) atoms. The van der Waals surface area contributed by atoms with Crippen molar-refractivity contribution in [1.82, 2.24) is 10.7 Å². The Labute approximate surface area is 110 Å². The zero-order valence-corrected chi connectivity index (χ0v) is 10.3. The normalized spacial score (nSPS) is 19.2. The lowest BCUT2D eigenvalue weighted by Crippen LogP contribution is -2.43. The Balaban J connectivity index is 1.91. The smallest absolute Gasteiger partial charge is 0.252 e. The molecule has 1 atom stereocenters. The number of piperidine rings is 1. The van der Waals surface area contributed by atoms with Gasteiger partial charge >= 0.3 is 0 Å². The van der Waals surface area contributed by atoms with Crippen LogP contribution in [-0.2, 0) is 9.59 Å². The Bertz CT molecular complexity index is 514. The molecular formula is C13H15N3O3. The molecule has 1 aliphatic heterocycles. The van der Waals surface area contributed by atoms with E-state index in [2.05, 4.69) is 15.8 Å². The van der Waals surface area contributed by atoms with Crippen LogP contribution in [-0.4, -0.2) is 29.7 Å². The molecule has 0 aromatic heterocycles. The third kappa shape index (κ3) is 3.54. The minimum absolute atomic E-state index is 0.127. The number of hydrogen-bond donors (Lipinski definition) is 3. The van der Waals surface area contributed by atoms with E-state index in [1.807, 2.05) is 0 Å². The van der Waals surface area contributed by atoms with Crippen LogP contribution in [0.4, 0.5) is 0 Å². The van der Waals surface area contributed by atoms with E-state index < -0.39 is 11.8 Å². The molecule has 0 unspecified atom stereocenters. The number of carbonyl (C=O) groups is 2. The molecule has 1 aliphatic rings. The number of carbonyl (C=O) groups excluding carboxylic acids is 2. The second kappa shape index (κ2) is 5.99. The lowest BCUT2D eigenvalue weighted by Gasteiger charge is -2.19. The Kier molecular flexibility index (Phi) is 4.12. The Hall–Kier alpha value is -2.37. The molecule has 0 radical (unpaired) electrons. The fourth-order valence-electron chi connectivity index (χ4n) is 1.88. The van der Waals surface area contributed by atoms with E-state index in [4.69, 9.17) is 0 Å². The van der Waals surface area contributed by atoms with E-state index in [-0.39, 0.29) is 11.7 Å². The van der Waals surface area contributed by atoms with Gasteiger partial charge in [0.15, 0.2) is 0 Å². The van der Waals surface area contributed by atoms with Gasteiger partial charge in [0.05, 0.1) is 6.21 Å². The number of amides is 2. The van der Waals surface area contributed by atoms with Gasteiger partial charge in [-0.25, -0.2) is 5.43 Å². The molecule has 6 nitrogen and oxygen atoms in total. The minimum Gasteiger partial charge on any atom is -0.508 e. The van der Waals surface area contributed by atoms with Crippen LogP contribution >= 0.6 is 0 Å². The molecule has 3 N–H and O–H groups in total. The van der Waals surface area contributed by atoms with Crippen molar-refractivity contribution >= 4 is 18.0 Å². The molecule has 1 fully saturated rings. The van der Waals surface area contributed by atoms with Crippen LogP contribution < -0.4 is 10.7 Å². The van der Waals surface area contributed by atoms with Crippen molar-refractivity contribution in [2.75, 3.05) is 6.54 Å². The molecule has 0 saturated carbocycles. The number of hydrogen-bond acceptors (Lipinski definition) is 4. The summed E-state index contributed by atoms with van der Waals surface area (Å²) < 4.78 is 0. The van der Waals surface area contributed by atoms with Crippen molar-refractivity contribution in [3.05, 3.63) is 29.8 Å². The van der Waals surface area contributed by atoms with Crippen LogP contribution in [0.5, 0.6) is 5.75 Å². The highest BCUT2D eigenvalue weighted by atomic mass is 16.3. The van der Waals surface area contributed by atoms with Crippen LogP contribution in [0.2, 0.25) is 0 Å². The number of phenolic OH excluding ortho intramolecular Hbond substituents is 1. The largest absolute Gasteiger partial charge is 0.508 e. The topological polar surface area (TPSA) is 90.8 Å². The summed E-state index contributed by atoms with van der Waals surface area (Å²) in [5.41, 5.74) is 3.00. The third-order valence-corrected chi connectivity index (χ3v) is 2.86. The van der Waals surface area contributed by atoms with E-state index in [9.17, 15) is 14.7 Å². The fourth-order valence-corrected chi connectivity index (χ4v) is 1.88. The first-order valence-corrected chi connectivity index (χ1v) is 6.06. The number of nitrogens with zero attached hydrogens (tertiary/aromatic N) is 1. The average molecular weight is 261 g/mol. The molecule has 2 rings (SSSR count). The first-order valence-electron chi connectivity index (χ1n) is 6.06. The molecule has 1 heterocycles. The summed E-state index contributed by atoms with van der Waals surface area (Å²) in [5, 5.41) is 15.7. The summed E-state index contributed by atoms with van der Waals surface area (Å²) in [7, 11) is 0. The SMILES string of the molecule is O=C1NCCC[C@@H]1C(=O)N/N=C\c1cccc(O)c1. The van der Waals surface area contributed by atoms with Gasteiger partial charge in [-0.1, -0.05) is 12.1 Å². The van der Waals surface area contributed by atoms with Crippen molar-refractivity contribution in [2.24, 2.45) is 11.0 Å². The highest BCUT2D eigenvalue weighted by Crippen LogP contribution is 2.11. The maximum absolute atomic E-state index is 11.7. The summed E-state index contributed by atoms with van der Waals surface area (Å²) in [6.07, 6.45) is 2.75. The van der Waals surface area contributed by atoms with Crippen molar-refractivity contribution in [1.29, 1.82) is 0 Å². The van der Waals surface area contributed by atoms with Gasteiger partial charge in [0.2, 0.25) is 5.91 Å². The highest BCUT2D eigenvalue weighted by molar-refractivity contribution is 6.00. The van der Waals surface area contributed by atoms with Gasteiger partial charge in [0.1, 0.15) is 11.7 Å². The van der Waals surface area contributed by atoms with Gasteiger partial charge in [0.25, 0.3) is 5.91 Å². The summed E-state index contributed by atoms with van der Waals surface area (Å²) >= 11 is 0. The van der Waals surface area contributed by atoms with E-state index in [1.165, 1.54) is 12.3 Å². The molecule has 1 saturated heterocycles. The van der Waals surface area contributed by atoms with Crippen LogP contribution in [0.1, 0.15) is 18.4 Å². The van der Waals surface area contributed by atoms with Gasteiger partial charge in [-0.05, 0) is 30.5 Å². The highest BCUT2D eigenvalue weighted by Gasteiger charge is 2.28. The average Bonchev–Trinajstić information content (AvgIpc) is 2.39. The fraction of sp³-hybridized carbons (Fsp3) is 0.308. The number of phenols is 1. The van der Waals surface area contributed by atoms with Crippen molar-refractivity contribution < 1.29 is 14.7 Å². The van der Waals surface area contributed by atoms with Gasteiger partial charge in [-0.3, -0.25) is 9.59 Å². The summed E-state index contributed by atoms with van der Waals surface area (Å²) in [4.78, 5) is 23.2. The Morgan fingerprint density at radius 2 is 2.37 bits per heavy atom. The maximum Gasteiger partial charge on any atom is 0.252 e. The van der Waals surface area contributed by atoms with Crippen molar-refractivity contribution in [2.45, 2.75) is 12.8 Å². The van der Waals surface area contributed by atoms with E-state index in [0.29, 0.717) is 18.5 Å². The van der Waals surface area contributed by atoms with Gasteiger partial charge < -0.3 is 10.4 Å². The quantitative estimate of drug-likeness (QED) is 0.417. The molecule has 0 spiro atoms. The van der Waals surface area contributed by atoms with E-state index >= 15 is 0 Å². The van der Waals surface area contributed by atoms with E-state index in [1.54, 1.807) is 18.2 Å². The zero-order valence-electron chi connectivity index (χ0n) is 10.3. The number of benzene rings is 1. The number of rotatable bonds is 3. The number of hydrazone groups is 1. The van der Waals surface area contributed by atoms with Crippen LogP contribution in [0.25, 0.3) is 0 Å². The zero-order chi connectivity index (χ0) is 13.7. The Morgan fingerprint density at radius 1 is 1.53 bits per heavy atom. The van der Waals surface area contributed by atoms with E-state index in [0.717, 1.165) is 6.42 Å². The first kappa shape index (κ1) is 13.1. The predicted octanol–water partition coefficient (Wildman–Crippen LogP) is 0.369. The third-order valence-electron chi connectivity index (χ3n) is 2.86. The van der Waals surface area contributed by atoms with Gasteiger partial charge in [0, 0.05) is 6.54 Å². The molecule has 1 aromatic rings. The van der Waals surface area contributed by atoms with Crippen molar-refractivity contribution in [3.63, 3.8) is 0 Å². The summed E-state index contributed by atoms with van der Waals surface area (Å²) in [6, 6.07) is 6.47. The summed E-state index contributed by atoms with van der Waals surface area (Å²) in [5.74, 6) is -1.21. The minimum atomic E-state index is -0.671. The molecular weight excluding hydrogens is 246 g/mol. The Morgan fingerprint density at radius 3 is 3.11 bits per heavy atom. The molecule has 0 bridgehead atoms. The van der Waals surface area contributed by atoms with Crippen LogP contribution in [0, 0.1) is 5.92 Å². The van der Waals surface area contributed by atoms with Crippen LogP contribution in [0.3, 0.4) is 0 Å². The molecule has 1 aromatic carbocycles. The van der Waals surface area contributed by atoms with Crippen molar-refractivity contribution in [3.8, 4) is 5.75 Å². The number of aromatic hydroxyl groups is 1. The number of nitrogens with one attached hydrogen (secondary N) is 2. The molecule has 2 amide bonds. The first-order chi connectivity index (χ1) is 9.16. The standard InChI is InChI=1S/C13H15N3O3/c17-10-4-1-3-9(7-10)8-15-16-13(19)11-5-2-6-14-12(11)18/h1,3-4,7-8,11,17H,2,5-6H2,(H,14,18)(H,16,19)/b15-8-/t11-/m0/s1. The monoisotopic (exact) mass is 261 g/mol. The second-order valence-electron chi connectivity index (χ2n) is 4.32. The van der Waals surface area contributed by atoms with Gasteiger partial charge in [-0.2, -0.15) is 5.10 Å². The molecule has 6 heteroatoms. The molecule has 100 valence electrons. The second-order valence-corrected chi connectivity index (χ2v) is 4.32. The summed E-state index contributed by atoms with van der Waals surface area (Å²) in [6.45, 7) is 0.620. The predicted molar refractivity (Wildman–Crippen MR) is 69.6 cm³/mol. The lowest BCUT2D eigenvalue weighted by atomic mass is 9.98. The van der Waals surface area contributed by atoms with Crippen LogP contribution in [0.15, 0.2) is 29.4 Å². The lowest BCUT2D eigenvalue weighted by molar-refractivity contribution is -0.136. The molecule has 0 aliphatic carbocycles.